The third kappa shape index (κ3) is 3.29. The van der Waals surface area contributed by atoms with Crippen LogP contribution < -0.4 is 5.73 Å². The van der Waals surface area contributed by atoms with E-state index >= 15 is 0 Å². The molecule has 2 aromatic rings. The lowest BCUT2D eigenvalue weighted by molar-refractivity contribution is -0.134. The van der Waals surface area contributed by atoms with Crippen LogP contribution in [0.3, 0.4) is 0 Å². The molecule has 3 heterocycles. The number of nitrogen functional groups attached to an aromatic ring is 1. The molecule has 1 atom stereocenters. The summed E-state index contributed by atoms with van der Waals surface area (Å²) in [6, 6.07) is 0. The van der Waals surface area contributed by atoms with Crippen molar-refractivity contribution in [3.05, 3.63) is 10.4 Å². The normalized spacial score (nSPS) is 16.7. The molecule has 1 fully saturated rings. The number of rotatable bonds is 3. The van der Waals surface area contributed by atoms with Gasteiger partial charge in [0.2, 0.25) is 5.91 Å². The van der Waals surface area contributed by atoms with Crippen LogP contribution in [0.4, 0.5) is 5.82 Å². The zero-order valence-corrected chi connectivity index (χ0v) is 15.1. The lowest BCUT2D eigenvalue weighted by Gasteiger charge is -2.28. The van der Waals surface area contributed by atoms with Crippen LogP contribution in [-0.4, -0.2) is 52.3 Å². The van der Waals surface area contributed by atoms with Crippen molar-refractivity contribution >= 4 is 45.0 Å². The van der Waals surface area contributed by atoms with Crippen molar-refractivity contribution in [1.29, 1.82) is 0 Å². The van der Waals surface area contributed by atoms with Crippen molar-refractivity contribution in [3.63, 3.8) is 0 Å². The fourth-order valence-electron chi connectivity index (χ4n) is 2.56. The number of fused-ring (bicyclic) bond motifs is 1. The first-order valence-electron chi connectivity index (χ1n) is 7.53. The second-order valence-electron chi connectivity index (χ2n) is 5.55. The highest BCUT2D eigenvalue weighted by Crippen LogP contribution is 2.34. The summed E-state index contributed by atoms with van der Waals surface area (Å²) in [7, 11) is 0. The molecule has 0 aliphatic carbocycles. The molecule has 2 aromatic heterocycles. The van der Waals surface area contributed by atoms with Gasteiger partial charge in [-0.1, -0.05) is 11.8 Å². The van der Waals surface area contributed by atoms with Crippen molar-refractivity contribution in [2.45, 2.75) is 31.2 Å². The van der Waals surface area contributed by atoms with Gasteiger partial charge in [0.1, 0.15) is 10.6 Å². The van der Waals surface area contributed by atoms with Gasteiger partial charge < -0.3 is 15.4 Å². The van der Waals surface area contributed by atoms with E-state index in [2.05, 4.69) is 16.9 Å². The summed E-state index contributed by atoms with van der Waals surface area (Å²) in [5.74, 6) is 0.587. The molecule has 1 amide bonds. The standard InChI is InChI=1S/C15H20N4O2S2/c1-8-9(2)22-13-11(8)12(16)17-15(18-13)23-10(3)14(20)19-4-6-21-7-5-19/h10H,4-7H2,1-3H3,(H2,16,17,18)/t10-/m1/s1. The van der Waals surface area contributed by atoms with Gasteiger partial charge in [-0.2, -0.15) is 0 Å². The van der Waals surface area contributed by atoms with Gasteiger partial charge >= 0.3 is 0 Å². The van der Waals surface area contributed by atoms with Crippen molar-refractivity contribution in [3.8, 4) is 0 Å². The van der Waals surface area contributed by atoms with Gasteiger partial charge in [-0.25, -0.2) is 9.97 Å². The Bertz CT molecular complexity index is 741. The molecule has 0 unspecified atom stereocenters. The van der Waals surface area contributed by atoms with E-state index in [1.165, 1.54) is 16.6 Å². The Morgan fingerprint density at radius 2 is 2.04 bits per heavy atom. The van der Waals surface area contributed by atoms with Crippen molar-refractivity contribution in [2.75, 3.05) is 32.0 Å². The summed E-state index contributed by atoms with van der Waals surface area (Å²) in [6.45, 7) is 8.48. The number of carbonyl (C=O) groups excluding carboxylic acids is 1. The van der Waals surface area contributed by atoms with E-state index in [4.69, 9.17) is 10.5 Å². The largest absolute Gasteiger partial charge is 0.383 e. The maximum atomic E-state index is 12.5. The summed E-state index contributed by atoms with van der Waals surface area (Å²) >= 11 is 2.98. The number of hydrogen-bond acceptors (Lipinski definition) is 7. The molecule has 0 aromatic carbocycles. The molecule has 0 radical (unpaired) electrons. The average molecular weight is 352 g/mol. The molecule has 2 N–H and O–H groups in total. The molecule has 0 bridgehead atoms. The van der Waals surface area contributed by atoms with E-state index in [9.17, 15) is 4.79 Å². The summed E-state index contributed by atoms with van der Waals surface area (Å²) in [5, 5.41) is 1.25. The first-order chi connectivity index (χ1) is 11.0. The second-order valence-corrected chi connectivity index (χ2v) is 8.06. The lowest BCUT2D eigenvalue weighted by Crippen LogP contribution is -2.44. The fourth-order valence-corrected chi connectivity index (χ4v) is 4.52. The third-order valence-corrected chi connectivity index (χ3v) is 6.04. The summed E-state index contributed by atoms with van der Waals surface area (Å²) in [4.78, 5) is 25.4. The van der Waals surface area contributed by atoms with Gasteiger partial charge in [0.25, 0.3) is 0 Å². The van der Waals surface area contributed by atoms with Gasteiger partial charge in [0.15, 0.2) is 5.16 Å². The number of hydrogen-bond donors (Lipinski definition) is 1. The van der Waals surface area contributed by atoms with Gasteiger partial charge in [-0.15, -0.1) is 11.3 Å². The van der Waals surface area contributed by atoms with Crippen LogP contribution in [0.5, 0.6) is 0 Å². The molecule has 124 valence electrons. The predicted molar refractivity (Wildman–Crippen MR) is 94.0 cm³/mol. The molecular weight excluding hydrogens is 332 g/mol. The Morgan fingerprint density at radius 1 is 1.35 bits per heavy atom. The zero-order chi connectivity index (χ0) is 16.6. The van der Waals surface area contributed by atoms with E-state index in [0.29, 0.717) is 37.3 Å². The summed E-state index contributed by atoms with van der Waals surface area (Å²) in [5.41, 5.74) is 7.23. The molecule has 1 aliphatic heterocycles. The van der Waals surface area contributed by atoms with Crippen LogP contribution in [0, 0.1) is 13.8 Å². The van der Waals surface area contributed by atoms with Crippen molar-refractivity contribution in [2.24, 2.45) is 0 Å². The molecule has 1 saturated heterocycles. The first kappa shape index (κ1) is 16.5. The maximum Gasteiger partial charge on any atom is 0.236 e. The highest BCUT2D eigenvalue weighted by molar-refractivity contribution is 8.00. The number of carbonyl (C=O) groups is 1. The highest BCUT2D eigenvalue weighted by Gasteiger charge is 2.24. The van der Waals surface area contributed by atoms with E-state index < -0.39 is 0 Å². The average Bonchev–Trinajstić information content (AvgIpc) is 2.82. The minimum absolute atomic E-state index is 0.0964. The van der Waals surface area contributed by atoms with Crippen molar-refractivity contribution < 1.29 is 9.53 Å². The third-order valence-electron chi connectivity index (χ3n) is 3.99. The zero-order valence-electron chi connectivity index (χ0n) is 13.5. The number of nitrogens with two attached hydrogens (primary N) is 1. The fraction of sp³-hybridized carbons (Fsp3) is 0.533. The number of anilines is 1. The quantitative estimate of drug-likeness (QED) is 0.674. The van der Waals surface area contributed by atoms with E-state index in [-0.39, 0.29) is 11.2 Å². The number of nitrogens with zero attached hydrogens (tertiary/aromatic N) is 3. The van der Waals surface area contributed by atoms with Gasteiger partial charge in [-0.3, -0.25) is 4.79 Å². The molecule has 3 rings (SSSR count). The Hall–Kier alpha value is -1.38. The Labute approximate surface area is 143 Å². The SMILES string of the molecule is Cc1sc2nc(S[C@H](C)C(=O)N3CCOCC3)nc(N)c2c1C. The molecule has 1 aliphatic rings. The van der Waals surface area contributed by atoms with Gasteiger partial charge in [0, 0.05) is 18.0 Å². The number of thioether (sulfide) groups is 1. The van der Waals surface area contributed by atoms with Crippen LogP contribution in [0.25, 0.3) is 10.2 Å². The number of aryl methyl sites for hydroxylation is 2. The molecular formula is C15H20N4O2S2. The Morgan fingerprint density at radius 3 is 2.74 bits per heavy atom. The van der Waals surface area contributed by atoms with Crippen LogP contribution >= 0.6 is 23.1 Å². The minimum Gasteiger partial charge on any atom is -0.383 e. The van der Waals surface area contributed by atoms with Crippen molar-refractivity contribution in [1.82, 2.24) is 14.9 Å². The van der Waals surface area contributed by atoms with E-state index in [0.717, 1.165) is 15.8 Å². The second kappa shape index (κ2) is 6.62. The van der Waals surface area contributed by atoms with Crippen LogP contribution in [-0.2, 0) is 9.53 Å². The van der Waals surface area contributed by atoms with Crippen LogP contribution in [0.15, 0.2) is 5.16 Å². The Balaban J connectivity index is 1.79. The number of morpholine rings is 1. The summed E-state index contributed by atoms with van der Waals surface area (Å²) in [6.07, 6.45) is 0. The molecule has 0 saturated carbocycles. The number of ether oxygens (including phenoxy) is 1. The number of amides is 1. The number of thiophene rings is 1. The smallest absolute Gasteiger partial charge is 0.236 e. The number of aromatic nitrogens is 2. The molecule has 8 heteroatoms. The van der Waals surface area contributed by atoms with E-state index in [1.807, 2.05) is 18.7 Å². The van der Waals surface area contributed by atoms with Gasteiger partial charge in [-0.05, 0) is 26.3 Å². The van der Waals surface area contributed by atoms with Crippen LogP contribution in [0.2, 0.25) is 0 Å². The molecule has 23 heavy (non-hydrogen) atoms. The lowest BCUT2D eigenvalue weighted by atomic mass is 10.2. The minimum atomic E-state index is -0.243. The maximum absolute atomic E-state index is 12.5. The Kier molecular flexibility index (Phi) is 4.74. The monoisotopic (exact) mass is 352 g/mol. The molecule has 0 spiro atoms. The van der Waals surface area contributed by atoms with Gasteiger partial charge in [0.05, 0.1) is 23.8 Å². The summed E-state index contributed by atoms with van der Waals surface area (Å²) < 4.78 is 5.28. The topological polar surface area (TPSA) is 81.3 Å². The van der Waals surface area contributed by atoms with E-state index in [1.54, 1.807) is 11.3 Å². The first-order valence-corrected chi connectivity index (χ1v) is 9.23. The molecule has 6 nitrogen and oxygen atoms in total. The predicted octanol–water partition coefficient (Wildman–Crippen LogP) is 2.23. The van der Waals surface area contributed by atoms with Crippen LogP contribution in [0.1, 0.15) is 17.4 Å². The highest BCUT2D eigenvalue weighted by atomic mass is 32.2.